The summed E-state index contributed by atoms with van der Waals surface area (Å²) in [6.07, 6.45) is 0.414. The third-order valence-corrected chi connectivity index (χ3v) is 7.43. The van der Waals surface area contributed by atoms with Crippen LogP contribution in [-0.2, 0) is 10.0 Å². The lowest BCUT2D eigenvalue weighted by Gasteiger charge is -2.35. The average Bonchev–Trinajstić information content (AvgIpc) is 3.20. The molecule has 1 aliphatic rings. The zero-order valence-electron chi connectivity index (χ0n) is 15.4. The molecule has 1 N–H and O–H groups in total. The van der Waals surface area contributed by atoms with Crippen LogP contribution in [0.15, 0.2) is 41.8 Å². The van der Waals surface area contributed by atoms with Gasteiger partial charge < -0.3 is 10.2 Å². The van der Waals surface area contributed by atoms with Gasteiger partial charge in [-0.2, -0.15) is 4.31 Å². The van der Waals surface area contributed by atoms with Gasteiger partial charge in [0, 0.05) is 38.4 Å². The fourth-order valence-corrected chi connectivity index (χ4v) is 5.26. The Kier molecular flexibility index (Phi) is 6.51. The number of sulfonamides is 1. The van der Waals surface area contributed by atoms with Gasteiger partial charge in [0.15, 0.2) is 0 Å². The van der Waals surface area contributed by atoms with Crippen LogP contribution in [0.1, 0.15) is 21.7 Å². The van der Waals surface area contributed by atoms with E-state index in [1.807, 2.05) is 17.5 Å². The van der Waals surface area contributed by atoms with E-state index in [0.717, 1.165) is 5.69 Å². The molecule has 146 valence electrons. The molecule has 1 aliphatic heterocycles. The molecular formula is C19H25N3O3S2. The summed E-state index contributed by atoms with van der Waals surface area (Å²) in [4.78, 5) is 14.7. The number of anilines is 1. The van der Waals surface area contributed by atoms with E-state index in [1.165, 1.54) is 16.9 Å². The molecule has 1 aromatic heterocycles. The number of benzene rings is 1. The highest BCUT2D eigenvalue weighted by molar-refractivity contribution is 7.89. The molecule has 8 heteroatoms. The summed E-state index contributed by atoms with van der Waals surface area (Å²) in [5.41, 5.74) is 2.34. The first kappa shape index (κ1) is 19.9. The van der Waals surface area contributed by atoms with Crippen LogP contribution in [0.5, 0.6) is 0 Å². The van der Waals surface area contributed by atoms with Gasteiger partial charge >= 0.3 is 0 Å². The lowest BCUT2D eigenvalue weighted by Crippen LogP contribution is -2.49. The number of carbonyl (C=O) groups excluding carboxylic acids is 1. The first-order valence-electron chi connectivity index (χ1n) is 9.07. The Labute approximate surface area is 164 Å². The molecule has 3 rings (SSSR count). The number of hydrogen-bond donors (Lipinski definition) is 1. The summed E-state index contributed by atoms with van der Waals surface area (Å²) >= 11 is 1.37. The highest BCUT2D eigenvalue weighted by Gasteiger charge is 2.26. The van der Waals surface area contributed by atoms with Crippen molar-refractivity contribution in [3.63, 3.8) is 0 Å². The highest BCUT2D eigenvalue weighted by atomic mass is 32.2. The summed E-state index contributed by atoms with van der Waals surface area (Å²) < 4.78 is 26.7. The highest BCUT2D eigenvalue weighted by Crippen LogP contribution is 2.19. The smallest absolute Gasteiger partial charge is 0.261 e. The van der Waals surface area contributed by atoms with Gasteiger partial charge in [-0.15, -0.1) is 11.3 Å². The second-order valence-corrected chi connectivity index (χ2v) is 9.66. The number of nitrogens with one attached hydrogen (secondary N) is 1. The van der Waals surface area contributed by atoms with Crippen molar-refractivity contribution in [3.8, 4) is 0 Å². The largest absolute Gasteiger partial charge is 0.369 e. The van der Waals surface area contributed by atoms with Gasteiger partial charge in [0.2, 0.25) is 10.0 Å². The monoisotopic (exact) mass is 407 g/mol. The quantitative estimate of drug-likeness (QED) is 0.715. The molecule has 27 heavy (non-hydrogen) atoms. The Morgan fingerprint density at radius 2 is 1.93 bits per heavy atom. The zero-order chi connectivity index (χ0) is 19.3. The zero-order valence-corrected chi connectivity index (χ0v) is 17.1. The molecule has 1 fully saturated rings. The SMILES string of the molecule is Cc1cccc(N2CCN(S(=O)(=O)CCCNC(=O)c3cccs3)CC2)c1. The van der Waals surface area contributed by atoms with Crippen LogP contribution >= 0.6 is 11.3 Å². The molecule has 6 nitrogen and oxygen atoms in total. The number of nitrogens with zero attached hydrogens (tertiary/aromatic N) is 2. The lowest BCUT2D eigenvalue weighted by molar-refractivity contribution is 0.0957. The number of amides is 1. The molecule has 2 heterocycles. The van der Waals surface area contributed by atoms with Crippen LogP contribution < -0.4 is 10.2 Å². The Morgan fingerprint density at radius 1 is 1.15 bits per heavy atom. The number of thiophene rings is 1. The van der Waals surface area contributed by atoms with Crippen molar-refractivity contribution >= 4 is 33.0 Å². The molecular weight excluding hydrogens is 382 g/mol. The Morgan fingerprint density at radius 3 is 2.59 bits per heavy atom. The summed E-state index contributed by atoms with van der Waals surface area (Å²) in [6.45, 7) is 4.80. The minimum Gasteiger partial charge on any atom is -0.369 e. The van der Waals surface area contributed by atoms with E-state index in [9.17, 15) is 13.2 Å². The molecule has 0 spiro atoms. The van der Waals surface area contributed by atoms with Crippen molar-refractivity contribution in [3.05, 3.63) is 52.2 Å². The fourth-order valence-electron chi connectivity index (χ4n) is 3.13. The predicted octanol–water partition coefficient (Wildman–Crippen LogP) is 2.33. The van der Waals surface area contributed by atoms with Gasteiger partial charge in [0.1, 0.15) is 0 Å². The van der Waals surface area contributed by atoms with Crippen LogP contribution in [0.4, 0.5) is 5.69 Å². The normalized spacial score (nSPS) is 15.7. The average molecular weight is 408 g/mol. The second-order valence-electron chi connectivity index (χ2n) is 6.63. The predicted molar refractivity (Wildman–Crippen MR) is 110 cm³/mol. The molecule has 0 unspecified atom stereocenters. The van der Waals surface area contributed by atoms with E-state index in [4.69, 9.17) is 0 Å². The standard InChI is InChI=1S/C19H25N3O3S2/c1-16-5-2-6-17(15-16)21-9-11-22(12-10-21)27(24,25)14-4-8-20-19(23)18-7-3-13-26-18/h2-3,5-7,13,15H,4,8-12,14H2,1H3,(H,20,23). The second kappa shape index (κ2) is 8.86. The Bertz CT molecular complexity index is 858. The van der Waals surface area contributed by atoms with Gasteiger partial charge in [-0.1, -0.05) is 18.2 Å². The van der Waals surface area contributed by atoms with Gasteiger partial charge in [-0.05, 0) is 42.5 Å². The molecule has 0 bridgehead atoms. The molecule has 1 saturated heterocycles. The van der Waals surface area contributed by atoms with Crippen LogP contribution in [0.3, 0.4) is 0 Å². The van der Waals surface area contributed by atoms with E-state index < -0.39 is 10.0 Å². The number of carbonyl (C=O) groups is 1. The van der Waals surface area contributed by atoms with Crippen molar-refractivity contribution in [2.24, 2.45) is 0 Å². The van der Waals surface area contributed by atoms with E-state index in [0.29, 0.717) is 44.0 Å². The fraction of sp³-hybridized carbons (Fsp3) is 0.421. The van der Waals surface area contributed by atoms with Crippen molar-refractivity contribution in [2.75, 3.05) is 43.4 Å². The van der Waals surface area contributed by atoms with E-state index in [-0.39, 0.29) is 11.7 Å². The van der Waals surface area contributed by atoms with Crippen molar-refractivity contribution < 1.29 is 13.2 Å². The number of piperazine rings is 1. The van der Waals surface area contributed by atoms with E-state index in [2.05, 4.69) is 35.3 Å². The van der Waals surface area contributed by atoms with Gasteiger partial charge in [-0.25, -0.2) is 8.42 Å². The van der Waals surface area contributed by atoms with Gasteiger partial charge in [0.25, 0.3) is 5.91 Å². The lowest BCUT2D eigenvalue weighted by atomic mass is 10.2. The van der Waals surface area contributed by atoms with Crippen molar-refractivity contribution in [2.45, 2.75) is 13.3 Å². The van der Waals surface area contributed by atoms with Gasteiger partial charge in [-0.3, -0.25) is 4.79 Å². The maximum Gasteiger partial charge on any atom is 0.261 e. The third kappa shape index (κ3) is 5.31. The van der Waals surface area contributed by atoms with Crippen LogP contribution in [-0.4, -0.2) is 57.1 Å². The Hall–Kier alpha value is -1.90. The molecule has 0 radical (unpaired) electrons. The topological polar surface area (TPSA) is 69.7 Å². The van der Waals surface area contributed by atoms with Crippen LogP contribution in [0, 0.1) is 6.92 Å². The molecule has 0 saturated carbocycles. The third-order valence-electron chi connectivity index (χ3n) is 4.61. The molecule has 1 amide bonds. The maximum absolute atomic E-state index is 12.6. The van der Waals surface area contributed by atoms with Crippen LogP contribution in [0.2, 0.25) is 0 Å². The molecule has 1 aromatic carbocycles. The van der Waals surface area contributed by atoms with Crippen LogP contribution in [0.25, 0.3) is 0 Å². The summed E-state index contributed by atoms with van der Waals surface area (Å²) in [6, 6.07) is 11.8. The Balaban J connectivity index is 1.43. The van der Waals surface area contributed by atoms with Gasteiger partial charge in [0.05, 0.1) is 10.6 Å². The summed E-state index contributed by atoms with van der Waals surface area (Å²) in [5.74, 6) is -0.0866. The number of hydrogen-bond acceptors (Lipinski definition) is 5. The minimum absolute atomic E-state index is 0.0577. The first-order chi connectivity index (χ1) is 13.0. The summed E-state index contributed by atoms with van der Waals surface area (Å²) in [5, 5.41) is 4.62. The minimum atomic E-state index is -3.29. The number of aryl methyl sites for hydroxylation is 1. The van der Waals surface area contributed by atoms with Crippen molar-refractivity contribution in [1.82, 2.24) is 9.62 Å². The van der Waals surface area contributed by atoms with Crippen molar-refractivity contribution in [1.29, 1.82) is 0 Å². The number of rotatable bonds is 7. The van der Waals surface area contributed by atoms with E-state index in [1.54, 1.807) is 10.4 Å². The first-order valence-corrected chi connectivity index (χ1v) is 11.6. The molecule has 0 atom stereocenters. The maximum atomic E-state index is 12.6. The summed E-state index contributed by atoms with van der Waals surface area (Å²) in [7, 11) is -3.29. The molecule has 0 aliphatic carbocycles. The molecule has 2 aromatic rings. The van der Waals surface area contributed by atoms with E-state index >= 15 is 0 Å².